The molecule has 0 fully saturated rings. The molecule has 13 heavy (non-hydrogen) atoms. The van der Waals surface area contributed by atoms with Gasteiger partial charge in [0.25, 0.3) is 5.56 Å². The molecule has 0 atom stereocenters. The van der Waals surface area contributed by atoms with Crippen molar-refractivity contribution in [3.05, 3.63) is 40.4 Å². The molecular formula is C8H6N2O3. The molecule has 0 aliphatic rings. The summed E-state index contributed by atoms with van der Waals surface area (Å²) in [5.74, 6) is -1.21. The fraction of sp³-hybridized carbons (Fsp3) is 0. The summed E-state index contributed by atoms with van der Waals surface area (Å²) in [6.45, 7) is 0. The van der Waals surface area contributed by atoms with Gasteiger partial charge in [0.2, 0.25) is 0 Å². The summed E-state index contributed by atoms with van der Waals surface area (Å²) >= 11 is 0. The van der Waals surface area contributed by atoms with Crippen LogP contribution < -0.4 is 5.56 Å². The smallest absolute Gasteiger partial charge is 0.341 e. The highest BCUT2D eigenvalue weighted by Gasteiger charge is 2.09. The fourth-order valence-electron chi connectivity index (χ4n) is 1.18. The molecule has 0 spiro atoms. The SMILES string of the molecule is O=C(O)c1ccc2[nH]ccn2c1=O. The van der Waals surface area contributed by atoms with Gasteiger partial charge in [-0.2, -0.15) is 0 Å². The lowest BCUT2D eigenvalue weighted by molar-refractivity contribution is 0.0695. The number of H-pyrrole nitrogens is 1. The summed E-state index contributed by atoms with van der Waals surface area (Å²) in [5.41, 5.74) is -0.168. The monoisotopic (exact) mass is 178 g/mol. The van der Waals surface area contributed by atoms with E-state index in [-0.39, 0.29) is 5.56 Å². The van der Waals surface area contributed by atoms with Gasteiger partial charge in [-0.1, -0.05) is 0 Å². The van der Waals surface area contributed by atoms with Gasteiger partial charge in [0.05, 0.1) is 0 Å². The first kappa shape index (κ1) is 7.60. The van der Waals surface area contributed by atoms with E-state index in [0.717, 1.165) is 0 Å². The molecule has 2 rings (SSSR count). The predicted molar refractivity (Wildman–Crippen MR) is 45.0 cm³/mol. The Balaban J connectivity index is 2.89. The van der Waals surface area contributed by atoms with E-state index in [4.69, 9.17) is 5.11 Å². The second-order valence-electron chi connectivity index (χ2n) is 2.57. The third-order valence-corrected chi connectivity index (χ3v) is 1.80. The second-order valence-corrected chi connectivity index (χ2v) is 2.57. The highest BCUT2D eigenvalue weighted by Crippen LogP contribution is 1.98. The molecule has 2 aromatic rings. The fourth-order valence-corrected chi connectivity index (χ4v) is 1.18. The van der Waals surface area contributed by atoms with Crippen molar-refractivity contribution in [2.45, 2.75) is 0 Å². The minimum atomic E-state index is -1.21. The van der Waals surface area contributed by atoms with Gasteiger partial charge < -0.3 is 10.1 Å². The Labute approximate surface area is 72.3 Å². The lowest BCUT2D eigenvalue weighted by Crippen LogP contribution is -2.20. The molecule has 0 saturated carbocycles. The number of carboxylic acids is 1. The molecule has 0 aliphatic heterocycles. The molecule has 5 heteroatoms. The van der Waals surface area contributed by atoms with Gasteiger partial charge in [0.15, 0.2) is 0 Å². The van der Waals surface area contributed by atoms with Crippen molar-refractivity contribution < 1.29 is 9.90 Å². The molecule has 0 amide bonds. The van der Waals surface area contributed by atoms with E-state index in [2.05, 4.69) is 4.98 Å². The molecule has 2 aromatic heterocycles. The molecule has 0 saturated heterocycles. The van der Waals surface area contributed by atoms with Crippen molar-refractivity contribution in [1.29, 1.82) is 0 Å². The van der Waals surface area contributed by atoms with Crippen LogP contribution in [-0.4, -0.2) is 20.5 Å². The van der Waals surface area contributed by atoms with E-state index in [0.29, 0.717) is 5.65 Å². The van der Waals surface area contributed by atoms with Crippen LogP contribution in [0.4, 0.5) is 0 Å². The molecule has 0 aromatic carbocycles. The Kier molecular flexibility index (Phi) is 1.45. The van der Waals surface area contributed by atoms with Crippen LogP contribution in [0, 0.1) is 0 Å². The Morgan fingerprint density at radius 3 is 2.92 bits per heavy atom. The van der Waals surface area contributed by atoms with Crippen LogP contribution in [0.25, 0.3) is 5.65 Å². The first-order valence-corrected chi connectivity index (χ1v) is 3.62. The zero-order valence-electron chi connectivity index (χ0n) is 6.52. The average molecular weight is 178 g/mol. The first-order chi connectivity index (χ1) is 6.20. The number of carboxylic acid groups (broad SMARTS) is 1. The Morgan fingerprint density at radius 2 is 2.23 bits per heavy atom. The highest BCUT2D eigenvalue weighted by molar-refractivity contribution is 5.87. The van der Waals surface area contributed by atoms with E-state index >= 15 is 0 Å². The van der Waals surface area contributed by atoms with Gasteiger partial charge in [-0.25, -0.2) is 4.79 Å². The van der Waals surface area contributed by atoms with Crippen LogP contribution in [0.1, 0.15) is 10.4 Å². The van der Waals surface area contributed by atoms with Gasteiger partial charge in [0.1, 0.15) is 11.2 Å². The number of pyridine rings is 1. The number of carbonyl (C=O) groups is 1. The van der Waals surface area contributed by atoms with Gasteiger partial charge in [-0.3, -0.25) is 9.20 Å². The zero-order chi connectivity index (χ0) is 9.42. The van der Waals surface area contributed by atoms with Gasteiger partial charge in [-0.15, -0.1) is 0 Å². The number of aromatic nitrogens is 2. The number of nitrogens with one attached hydrogen (secondary N) is 1. The van der Waals surface area contributed by atoms with Crippen molar-refractivity contribution in [3.8, 4) is 0 Å². The summed E-state index contributed by atoms with van der Waals surface area (Å²) < 4.78 is 1.25. The van der Waals surface area contributed by atoms with E-state index in [9.17, 15) is 9.59 Å². The van der Waals surface area contributed by atoms with Crippen LogP contribution in [-0.2, 0) is 0 Å². The number of imidazole rings is 1. The van der Waals surface area contributed by atoms with E-state index in [1.165, 1.54) is 16.7 Å². The molecule has 2 heterocycles. The van der Waals surface area contributed by atoms with Crippen molar-refractivity contribution in [2.75, 3.05) is 0 Å². The number of aromatic amines is 1. The van der Waals surface area contributed by atoms with Gasteiger partial charge >= 0.3 is 5.97 Å². The third-order valence-electron chi connectivity index (χ3n) is 1.80. The Hall–Kier alpha value is -2.04. The lowest BCUT2D eigenvalue weighted by Gasteiger charge is -1.94. The quantitative estimate of drug-likeness (QED) is 0.660. The highest BCUT2D eigenvalue weighted by atomic mass is 16.4. The lowest BCUT2D eigenvalue weighted by atomic mass is 10.3. The molecule has 0 aliphatic carbocycles. The number of rotatable bonds is 1. The Morgan fingerprint density at radius 1 is 1.46 bits per heavy atom. The molecule has 0 radical (unpaired) electrons. The van der Waals surface area contributed by atoms with E-state index < -0.39 is 11.5 Å². The molecular weight excluding hydrogens is 172 g/mol. The van der Waals surface area contributed by atoms with Crippen LogP contribution in [0.2, 0.25) is 0 Å². The van der Waals surface area contributed by atoms with Crippen molar-refractivity contribution in [2.24, 2.45) is 0 Å². The van der Waals surface area contributed by atoms with E-state index in [1.807, 2.05) is 0 Å². The maximum atomic E-state index is 11.4. The number of nitrogens with zero attached hydrogens (tertiary/aromatic N) is 1. The molecule has 2 N–H and O–H groups in total. The molecule has 66 valence electrons. The zero-order valence-corrected chi connectivity index (χ0v) is 6.52. The summed E-state index contributed by atoms with van der Waals surface area (Å²) in [6.07, 6.45) is 3.06. The Bertz CT molecular complexity index is 523. The van der Waals surface area contributed by atoms with Gasteiger partial charge in [-0.05, 0) is 12.1 Å². The van der Waals surface area contributed by atoms with Crippen LogP contribution in [0.15, 0.2) is 29.3 Å². The number of hydrogen-bond donors (Lipinski definition) is 2. The van der Waals surface area contributed by atoms with Crippen LogP contribution >= 0.6 is 0 Å². The maximum absolute atomic E-state index is 11.4. The number of fused-ring (bicyclic) bond motifs is 1. The summed E-state index contributed by atoms with van der Waals surface area (Å²) in [5, 5.41) is 8.64. The molecule has 0 bridgehead atoms. The molecule has 5 nitrogen and oxygen atoms in total. The summed E-state index contributed by atoms with van der Waals surface area (Å²) in [6, 6.07) is 2.83. The standard InChI is InChI=1S/C8H6N2O3/c11-7-5(8(12)13)1-2-6-9-3-4-10(6)7/h1-4,9H,(H,12,13). The van der Waals surface area contributed by atoms with Crippen molar-refractivity contribution >= 4 is 11.6 Å². The minimum Gasteiger partial charge on any atom is -0.477 e. The van der Waals surface area contributed by atoms with Crippen molar-refractivity contribution in [3.63, 3.8) is 0 Å². The third kappa shape index (κ3) is 1.01. The normalized spacial score (nSPS) is 10.5. The average Bonchev–Trinajstić information content (AvgIpc) is 2.52. The van der Waals surface area contributed by atoms with Gasteiger partial charge in [0, 0.05) is 12.4 Å². The van der Waals surface area contributed by atoms with Crippen LogP contribution in [0.3, 0.4) is 0 Å². The number of aromatic carboxylic acids is 1. The number of hydrogen-bond acceptors (Lipinski definition) is 2. The topological polar surface area (TPSA) is 74.6 Å². The molecule has 0 unspecified atom stereocenters. The second kappa shape index (κ2) is 2.48. The first-order valence-electron chi connectivity index (χ1n) is 3.62. The van der Waals surface area contributed by atoms with Crippen molar-refractivity contribution in [1.82, 2.24) is 9.38 Å². The summed E-state index contributed by atoms with van der Waals surface area (Å²) in [7, 11) is 0. The minimum absolute atomic E-state index is 0.225. The van der Waals surface area contributed by atoms with E-state index in [1.54, 1.807) is 12.3 Å². The maximum Gasteiger partial charge on any atom is 0.341 e. The predicted octanol–water partition coefficient (Wildman–Crippen LogP) is 0.326. The largest absolute Gasteiger partial charge is 0.477 e. The summed E-state index contributed by atoms with van der Waals surface area (Å²) in [4.78, 5) is 24.8. The van der Waals surface area contributed by atoms with Crippen LogP contribution in [0.5, 0.6) is 0 Å².